The van der Waals surface area contributed by atoms with Crippen molar-refractivity contribution < 1.29 is 22.3 Å². The minimum Gasteiger partial charge on any atom is -0.444 e. The average Bonchev–Trinajstić information content (AvgIpc) is 2.97. The van der Waals surface area contributed by atoms with Crippen molar-refractivity contribution >= 4 is 50.9 Å². The molecule has 11 nitrogen and oxygen atoms in total. The van der Waals surface area contributed by atoms with Crippen molar-refractivity contribution in [2.75, 3.05) is 37.2 Å². The number of hydrogen-bond acceptors (Lipinski definition) is 8. The van der Waals surface area contributed by atoms with E-state index in [0.29, 0.717) is 23.4 Å². The molecule has 0 bridgehead atoms. The quantitative estimate of drug-likeness (QED) is 0.277. The fourth-order valence-corrected chi connectivity index (χ4v) is 8.14. The van der Waals surface area contributed by atoms with Crippen LogP contribution in [0.5, 0.6) is 0 Å². The highest BCUT2D eigenvalue weighted by molar-refractivity contribution is 7.92. The maximum absolute atomic E-state index is 15.4. The van der Waals surface area contributed by atoms with E-state index < -0.39 is 27.7 Å². The largest absolute Gasteiger partial charge is 0.444 e. The van der Waals surface area contributed by atoms with Gasteiger partial charge in [0.25, 0.3) is 0 Å². The van der Waals surface area contributed by atoms with Crippen LogP contribution in [0.25, 0.3) is 11.3 Å². The second-order valence-electron chi connectivity index (χ2n) is 14.8. The van der Waals surface area contributed by atoms with Gasteiger partial charge < -0.3 is 25.2 Å². The normalized spacial score (nSPS) is 19.2. The molecule has 2 aliphatic rings. The van der Waals surface area contributed by atoms with Gasteiger partial charge in [0.1, 0.15) is 11.4 Å². The zero-order valence-electron chi connectivity index (χ0n) is 30.4. The summed E-state index contributed by atoms with van der Waals surface area (Å²) in [6.45, 7) is 16.2. The second kappa shape index (κ2) is 13.6. The van der Waals surface area contributed by atoms with Crippen molar-refractivity contribution in [3.05, 3.63) is 69.5 Å². The predicted octanol–water partition coefficient (Wildman–Crippen LogP) is 7.09. The molecule has 2 atom stereocenters. The number of benzene rings is 2. The van der Waals surface area contributed by atoms with Gasteiger partial charge in [0.2, 0.25) is 0 Å². The zero-order chi connectivity index (χ0) is 37.0. The molecule has 2 N–H and O–H groups in total. The van der Waals surface area contributed by atoms with E-state index >= 15 is 4.39 Å². The third-order valence-electron chi connectivity index (χ3n) is 8.70. The molecule has 2 aliphatic heterocycles. The highest BCUT2D eigenvalue weighted by Crippen LogP contribution is 2.45. The number of rotatable bonds is 5. The molecule has 3 aromatic rings. The van der Waals surface area contributed by atoms with Gasteiger partial charge in [-0.1, -0.05) is 43.6 Å². The summed E-state index contributed by atoms with van der Waals surface area (Å²) in [4.78, 5) is 23.5. The molecule has 1 aromatic heterocycles. The number of amides is 1. The third-order valence-corrected chi connectivity index (χ3v) is 10.2. The van der Waals surface area contributed by atoms with Gasteiger partial charge in [-0.3, -0.25) is 0 Å². The number of carbonyl (C=O) groups is 1. The number of halogens is 2. The summed E-state index contributed by atoms with van der Waals surface area (Å²) in [5.74, 6) is -0.566. The number of pyridine rings is 1. The van der Waals surface area contributed by atoms with E-state index in [4.69, 9.17) is 27.1 Å². The second-order valence-corrected chi connectivity index (χ2v) is 16.6. The maximum atomic E-state index is 15.4. The first-order chi connectivity index (χ1) is 23.2. The van der Waals surface area contributed by atoms with Crippen molar-refractivity contribution in [3.8, 4) is 11.3 Å². The summed E-state index contributed by atoms with van der Waals surface area (Å²) in [5.41, 5.74) is 8.92. The van der Waals surface area contributed by atoms with Crippen LogP contribution in [-0.2, 0) is 21.5 Å². The number of aryl methyl sites for hydroxylation is 1. The van der Waals surface area contributed by atoms with Crippen molar-refractivity contribution in [2.45, 2.75) is 85.5 Å². The van der Waals surface area contributed by atoms with Crippen LogP contribution < -0.4 is 10.0 Å². The number of nitrogen functional groups attached to an aromatic ring is 1. The van der Waals surface area contributed by atoms with Gasteiger partial charge in [0.15, 0.2) is 11.7 Å². The predicted molar refractivity (Wildman–Crippen MR) is 198 cm³/mol. The van der Waals surface area contributed by atoms with Crippen LogP contribution in [0.15, 0.2) is 40.8 Å². The Kier molecular flexibility index (Phi) is 10.2. The minimum atomic E-state index is -4.50. The van der Waals surface area contributed by atoms with Crippen LogP contribution in [0.3, 0.4) is 0 Å². The summed E-state index contributed by atoms with van der Waals surface area (Å²) < 4.78 is 55.9. The van der Waals surface area contributed by atoms with Crippen molar-refractivity contribution in [1.29, 1.82) is 0 Å². The van der Waals surface area contributed by atoms with Crippen LogP contribution in [0.4, 0.5) is 26.4 Å². The topological polar surface area (TPSA) is 125 Å². The lowest BCUT2D eigenvalue weighted by atomic mass is 9.94. The first-order valence-corrected chi connectivity index (χ1v) is 18.4. The van der Waals surface area contributed by atoms with Gasteiger partial charge in [-0.15, -0.1) is 4.40 Å². The fraction of sp³-hybridized carbons (Fsp3) is 0.472. The van der Waals surface area contributed by atoms with Crippen molar-refractivity contribution in [1.82, 2.24) is 19.7 Å². The monoisotopic (exact) mass is 727 g/mol. The molecule has 1 saturated heterocycles. The lowest BCUT2D eigenvalue weighted by Crippen LogP contribution is -2.60. The van der Waals surface area contributed by atoms with Crippen LogP contribution in [0.1, 0.15) is 76.6 Å². The summed E-state index contributed by atoms with van der Waals surface area (Å²) in [6, 6.07) is 9.09. The van der Waals surface area contributed by atoms with E-state index in [1.54, 1.807) is 11.0 Å². The molecule has 0 aliphatic carbocycles. The Hall–Kier alpha value is -3.94. The minimum absolute atomic E-state index is 0.00612. The number of fused-ring (bicyclic) bond motifs is 1. The van der Waals surface area contributed by atoms with Gasteiger partial charge in [-0.05, 0) is 96.4 Å². The molecular weight excluding hydrogens is 681 g/mol. The number of carbonyl (C=O) groups excluding carboxylic acids is 1. The van der Waals surface area contributed by atoms with E-state index in [0.717, 1.165) is 15.4 Å². The van der Waals surface area contributed by atoms with Crippen LogP contribution in [-0.4, -0.2) is 84.9 Å². The number of ether oxygens (including phenoxy) is 1. The Balaban J connectivity index is 1.74. The first kappa shape index (κ1) is 37.3. The lowest BCUT2D eigenvalue weighted by Gasteiger charge is -2.46. The highest BCUT2D eigenvalue weighted by atomic mass is 35.5. The Morgan fingerprint density at radius 1 is 1.14 bits per heavy atom. The summed E-state index contributed by atoms with van der Waals surface area (Å²) >= 11 is 6.88. The number of nitrogens with two attached hydrogens (primary N) is 1. The van der Waals surface area contributed by atoms with Crippen molar-refractivity contribution in [2.24, 2.45) is 4.40 Å². The zero-order valence-corrected chi connectivity index (χ0v) is 31.9. The molecule has 0 radical (unpaired) electrons. The average molecular weight is 728 g/mol. The Morgan fingerprint density at radius 3 is 2.42 bits per heavy atom. The summed E-state index contributed by atoms with van der Waals surface area (Å²) in [5, 5.41) is 0.0720. The van der Waals surface area contributed by atoms with Gasteiger partial charge >= 0.3 is 16.3 Å². The molecule has 3 heterocycles. The number of anilines is 3. The van der Waals surface area contributed by atoms with E-state index in [2.05, 4.69) is 4.40 Å². The fourth-order valence-electron chi connectivity index (χ4n) is 6.56. The van der Waals surface area contributed by atoms with E-state index in [1.165, 1.54) is 18.2 Å². The molecule has 0 saturated carbocycles. The third kappa shape index (κ3) is 7.26. The molecule has 5 rings (SSSR count). The molecule has 2 aromatic carbocycles. The first-order valence-electron chi connectivity index (χ1n) is 16.6. The summed E-state index contributed by atoms with van der Waals surface area (Å²) in [6.07, 6.45) is -0.451. The number of aromatic nitrogens is 1. The molecule has 1 fully saturated rings. The van der Waals surface area contributed by atoms with Gasteiger partial charge in [-0.25, -0.2) is 18.5 Å². The Labute approximate surface area is 300 Å². The number of hydrogen-bond donors (Lipinski definition) is 1. The molecule has 0 unspecified atom stereocenters. The van der Waals surface area contributed by atoms with Crippen LogP contribution in [0, 0.1) is 12.7 Å². The molecule has 270 valence electrons. The van der Waals surface area contributed by atoms with Crippen LogP contribution in [0.2, 0.25) is 5.02 Å². The van der Waals surface area contributed by atoms with Crippen molar-refractivity contribution in [3.63, 3.8) is 0 Å². The number of nitrogens with zero attached hydrogens (tertiary/aromatic N) is 6. The molecular formula is C36H47ClFN7O4S. The van der Waals surface area contributed by atoms with Gasteiger partial charge in [0.05, 0.1) is 27.5 Å². The number of amidine groups is 1. The number of piperazine rings is 1. The van der Waals surface area contributed by atoms with E-state index in [1.807, 2.05) is 91.4 Å². The van der Waals surface area contributed by atoms with E-state index in [9.17, 15) is 13.2 Å². The Morgan fingerprint density at radius 2 is 1.82 bits per heavy atom. The highest BCUT2D eigenvalue weighted by Gasteiger charge is 2.43. The summed E-state index contributed by atoms with van der Waals surface area (Å²) in [7, 11) is -0.555. The van der Waals surface area contributed by atoms with Gasteiger partial charge in [-0.2, -0.15) is 8.42 Å². The van der Waals surface area contributed by atoms with E-state index in [-0.39, 0.29) is 64.7 Å². The lowest BCUT2D eigenvalue weighted by molar-refractivity contribution is 0.000507. The maximum Gasteiger partial charge on any atom is 0.410 e. The van der Waals surface area contributed by atoms with Gasteiger partial charge in [0, 0.05) is 37.4 Å². The Bertz CT molecular complexity index is 1940. The standard InChI is InChI=1S/C36H47ClFN7O4S/c1-20(2)25-15-24(19-42(9)10)14-21(3)32(25)45-33-26(16-27(37)31(40-33)30-28(38)12-11-13-29(30)39)34(41-50(45,47)48)43-17-23(5)44(18-22(43)4)35(46)49-36(6,7)8/h11-16,20,22-23H,17-19,39H2,1-10H3/t22-,23+/m0/s1. The SMILES string of the molecule is Cc1cc(CN(C)C)cc(C(C)C)c1N1c2nc(-c3c(N)cccc3F)c(Cl)cc2C(N2C[C@@H](C)N(C(=O)OC(C)(C)C)C[C@@H]2C)=NS1(=O)=O. The molecule has 50 heavy (non-hydrogen) atoms. The molecule has 0 spiro atoms. The smallest absolute Gasteiger partial charge is 0.410 e. The molecule has 1 amide bonds. The van der Waals surface area contributed by atoms with Crippen LogP contribution >= 0.6 is 11.6 Å². The molecule has 14 heteroatoms.